The summed E-state index contributed by atoms with van der Waals surface area (Å²) in [7, 11) is 3.42. The van der Waals surface area contributed by atoms with Gasteiger partial charge < -0.3 is 4.90 Å². The number of Topliss-reactive ketones (excluding diaryl/α,β-unsaturated/α-hetero) is 1. The van der Waals surface area contributed by atoms with Gasteiger partial charge in [-0.3, -0.25) is 9.59 Å². The molecular weight excluding hydrogens is 238 g/mol. The highest BCUT2D eigenvalue weighted by Crippen LogP contribution is 2.12. The molecule has 17 heavy (non-hydrogen) atoms. The molecule has 0 heterocycles. The first-order valence-electron chi connectivity index (χ1n) is 5.49. The van der Waals surface area contributed by atoms with Crippen molar-refractivity contribution in [2.45, 2.75) is 19.3 Å². The van der Waals surface area contributed by atoms with Crippen molar-refractivity contribution in [1.29, 1.82) is 0 Å². The standard InChI is InChI=1S/C13H16ClNO2/c1-15(2)13(17)5-3-4-12(16)10-6-8-11(14)9-7-10/h6-9H,3-5H2,1-2H3. The Bertz CT molecular complexity index is 398. The van der Waals surface area contributed by atoms with E-state index < -0.39 is 0 Å². The summed E-state index contributed by atoms with van der Waals surface area (Å²) in [6.45, 7) is 0. The second-order valence-corrected chi connectivity index (χ2v) is 4.51. The predicted octanol–water partition coefficient (Wildman–Crippen LogP) is 2.78. The molecule has 0 spiro atoms. The summed E-state index contributed by atoms with van der Waals surface area (Å²) in [4.78, 5) is 24.6. The number of amides is 1. The zero-order valence-corrected chi connectivity index (χ0v) is 10.8. The van der Waals surface area contributed by atoms with Crippen LogP contribution in [0.1, 0.15) is 29.6 Å². The maximum atomic E-state index is 11.7. The topological polar surface area (TPSA) is 37.4 Å². The van der Waals surface area contributed by atoms with Gasteiger partial charge in [0, 0.05) is 37.5 Å². The zero-order valence-electron chi connectivity index (χ0n) is 10.1. The monoisotopic (exact) mass is 253 g/mol. The van der Waals surface area contributed by atoms with Gasteiger partial charge in [-0.25, -0.2) is 0 Å². The number of ketones is 1. The third kappa shape index (κ3) is 4.57. The lowest BCUT2D eigenvalue weighted by Crippen LogP contribution is -2.21. The van der Waals surface area contributed by atoms with E-state index >= 15 is 0 Å². The highest BCUT2D eigenvalue weighted by molar-refractivity contribution is 6.30. The van der Waals surface area contributed by atoms with Crippen LogP contribution in [0.5, 0.6) is 0 Å². The first-order chi connectivity index (χ1) is 8.00. The molecule has 0 aliphatic carbocycles. The molecule has 1 aromatic carbocycles. The van der Waals surface area contributed by atoms with Gasteiger partial charge in [0.05, 0.1) is 0 Å². The van der Waals surface area contributed by atoms with E-state index in [9.17, 15) is 9.59 Å². The Morgan fingerprint density at radius 1 is 1.12 bits per heavy atom. The molecule has 1 aromatic rings. The molecule has 92 valence electrons. The van der Waals surface area contributed by atoms with Crippen LogP contribution < -0.4 is 0 Å². The molecule has 0 fully saturated rings. The van der Waals surface area contributed by atoms with Crippen LogP contribution in [0.2, 0.25) is 5.02 Å². The van der Waals surface area contributed by atoms with Crippen molar-refractivity contribution in [3.05, 3.63) is 34.9 Å². The lowest BCUT2D eigenvalue weighted by Gasteiger charge is -2.09. The van der Waals surface area contributed by atoms with E-state index in [1.165, 1.54) is 4.90 Å². The summed E-state index contributed by atoms with van der Waals surface area (Å²) in [6, 6.07) is 6.80. The summed E-state index contributed by atoms with van der Waals surface area (Å²) in [5.41, 5.74) is 0.645. The van der Waals surface area contributed by atoms with E-state index in [4.69, 9.17) is 11.6 Å². The summed E-state index contributed by atoms with van der Waals surface area (Å²) < 4.78 is 0. The van der Waals surface area contributed by atoms with Gasteiger partial charge in [0.15, 0.2) is 5.78 Å². The van der Waals surface area contributed by atoms with E-state index in [0.717, 1.165) is 0 Å². The normalized spacial score (nSPS) is 10.1. The van der Waals surface area contributed by atoms with Gasteiger partial charge in [-0.1, -0.05) is 11.6 Å². The van der Waals surface area contributed by atoms with Crippen molar-refractivity contribution in [2.24, 2.45) is 0 Å². The van der Waals surface area contributed by atoms with Crippen molar-refractivity contribution in [1.82, 2.24) is 4.90 Å². The van der Waals surface area contributed by atoms with Crippen LogP contribution in [-0.4, -0.2) is 30.7 Å². The van der Waals surface area contributed by atoms with Crippen molar-refractivity contribution in [3.63, 3.8) is 0 Å². The number of carbonyl (C=O) groups is 2. The quantitative estimate of drug-likeness (QED) is 0.757. The van der Waals surface area contributed by atoms with Gasteiger partial charge in [0.2, 0.25) is 5.91 Å². The largest absolute Gasteiger partial charge is 0.349 e. The van der Waals surface area contributed by atoms with Gasteiger partial charge in [-0.2, -0.15) is 0 Å². The van der Waals surface area contributed by atoms with Crippen LogP contribution in [-0.2, 0) is 4.79 Å². The van der Waals surface area contributed by atoms with Crippen molar-refractivity contribution in [3.8, 4) is 0 Å². The fraction of sp³-hybridized carbons (Fsp3) is 0.385. The third-order valence-electron chi connectivity index (χ3n) is 2.46. The maximum absolute atomic E-state index is 11.7. The van der Waals surface area contributed by atoms with Crippen LogP contribution in [0, 0.1) is 0 Å². The van der Waals surface area contributed by atoms with Crippen LogP contribution in [0.3, 0.4) is 0 Å². The van der Waals surface area contributed by atoms with Crippen molar-refractivity contribution in [2.75, 3.05) is 14.1 Å². The fourth-order valence-electron chi connectivity index (χ4n) is 1.40. The lowest BCUT2D eigenvalue weighted by atomic mass is 10.1. The summed E-state index contributed by atoms with van der Waals surface area (Å²) in [5, 5.41) is 0.615. The Labute approximate surface area is 106 Å². The van der Waals surface area contributed by atoms with E-state index in [-0.39, 0.29) is 11.7 Å². The number of halogens is 1. The number of carbonyl (C=O) groups excluding carboxylic acids is 2. The number of benzene rings is 1. The summed E-state index contributed by atoms with van der Waals surface area (Å²) in [6.07, 6.45) is 1.38. The number of hydrogen-bond donors (Lipinski definition) is 0. The maximum Gasteiger partial charge on any atom is 0.222 e. The Morgan fingerprint density at radius 2 is 1.71 bits per heavy atom. The Kier molecular flexibility index (Phi) is 5.16. The molecule has 3 nitrogen and oxygen atoms in total. The SMILES string of the molecule is CN(C)C(=O)CCCC(=O)c1ccc(Cl)cc1. The molecule has 0 saturated carbocycles. The molecule has 0 radical (unpaired) electrons. The second-order valence-electron chi connectivity index (χ2n) is 4.07. The smallest absolute Gasteiger partial charge is 0.222 e. The van der Waals surface area contributed by atoms with E-state index in [1.54, 1.807) is 38.4 Å². The average Bonchev–Trinajstić information content (AvgIpc) is 2.29. The Morgan fingerprint density at radius 3 is 2.24 bits per heavy atom. The predicted molar refractivity (Wildman–Crippen MR) is 68.3 cm³/mol. The molecule has 0 aromatic heterocycles. The molecule has 0 saturated heterocycles. The summed E-state index contributed by atoms with van der Waals surface area (Å²) >= 11 is 5.74. The minimum absolute atomic E-state index is 0.0493. The highest BCUT2D eigenvalue weighted by Gasteiger charge is 2.08. The Hall–Kier alpha value is -1.35. The molecule has 0 aliphatic rings. The molecular formula is C13H16ClNO2. The van der Waals surface area contributed by atoms with Gasteiger partial charge in [-0.15, -0.1) is 0 Å². The summed E-state index contributed by atoms with van der Waals surface area (Å²) in [5.74, 6) is 0.0992. The molecule has 1 rings (SSSR count). The third-order valence-corrected chi connectivity index (χ3v) is 2.71. The van der Waals surface area contributed by atoms with Gasteiger partial charge in [0.25, 0.3) is 0 Å². The average molecular weight is 254 g/mol. The van der Waals surface area contributed by atoms with Gasteiger partial charge in [0.1, 0.15) is 0 Å². The second kappa shape index (κ2) is 6.40. The first-order valence-corrected chi connectivity index (χ1v) is 5.87. The van der Waals surface area contributed by atoms with E-state index in [1.807, 2.05) is 0 Å². The van der Waals surface area contributed by atoms with E-state index in [0.29, 0.717) is 29.8 Å². The molecule has 0 unspecified atom stereocenters. The first kappa shape index (κ1) is 13.7. The lowest BCUT2D eigenvalue weighted by molar-refractivity contribution is -0.128. The number of nitrogens with zero attached hydrogens (tertiary/aromatic N) is 1. The highest BCUT2D eigenvalue weighted by atomic mass is 35.5. The van der Waals surface area contributed by atoms with E-state index in [2.05, 4.69) is 0 Å². The van der Waals surface area contributed by atoms with Crippen molar-refractivity contribution < 1.29 is 9.59 Å². The minimum atomic E-state index is 0.0493. The van der Waals surface area contributed by atoms with Gasteiger partial charge >= 0.3 is 0 Å². The zero-order chi connectivity index (χ0) is 12.8. The number of hydrogen-bond acceptors (Lipinski definition) is 2. The van der Waals surface area contributed by atoms with Crippen LogP contribution >= 0.6 is 11.6 Å². The number of rotatable bonds is 5. The van der Waals surface area contributed by atoms with Crippen LogP contribution in [0.25, 0.3) is 0 Å². The molecule has 0 aliphatic heterocycles. The molecule has 0 bridgehead atoms. The molecule has 1 amide bonds. The molecule has 4 heteroatoms. The van der Waals surface area contributed by atoms with Crippen LogP contribution in [0.15, 0.2) is 24.3 Å². The minimum Gasteiger partial charge on any atom is -0.349 e. The van der Waals surface area contributed by atoms with Crippen LogP contribution in [0.4, 0.5) is 0 Å². The van der Waals surface area contributed by atoms with Crippen molar-refractivity contribution >= 4 is 23.3 Å². The molecule has 0 atom stereocenters. The molecule has 0 N–H and O–H groups in total. The Balaban J connectivity index is 2.40. The van der Waals surface area contributed by atoms with Gasteiger partial charge in [-0.05, 0) is 30.7 Å². The fourth-order valence-corrected chi connectivity index (χ4v) is 1.53.